The highest BCUT2D eigenvalue weighted by molar-refractivity contribution is 9.10. The van der Waals surface area contributed by atoms with E-state index in [-0.39, 0.29) is 22.6 Å². The molecule has 0 radical (unpaired) electrons. The molecule has 0 aliphatic heterocycles. The Morgan fingerprint density at radius 2 is 1.90 bits per heavy atom. The summed E-state index contributed by atoms with van der Waals surface area (Å²) in [6, 6.07) is 11.6. The average molecular weight is 509 g/mol. The van der Waals surface area contributed by atoms with Crippen LogP contribution in [0.3, 0.4) is 0 Å². The first kappa shape index (κ1) is 21.1. The number of carbonyl (C=O) groups is 1. The number of amides is 1. The molecular formula is C19H12BrF3N6OS. The largest absolute Gasteiger partial charge is 0.416 e. The Labute approximate surface area is 186 Å². The molecule has 2 aromatic carbocycles. The van der Waals surface area contributed by atoms with Gasteiger partial charge in [0.1, 0.15) is 0 Å². The van der Waals surface area contributed by atoms with Crippen LogP contribution in [-0.2, 0) is 6.18 Å². The predicted molar refractivity (Wildman–Crippen MR) is 112 cm³/mol. The topological polar surface area (TPSA) is 85.6 Å². The van der Waals surface area contributed by atoms with Gasteiger partial charge in [-0.15, -0.1) is 5.10 Å². The number of halogens is 4. The van der Waals surface area contributed by atoms with Crippen LogP contribution in [0.2, 0.25) is 0 Å². The van der Waals surface area contributed by atoms with Gasteiger partial charge < -0.3 is 0 Å². The molecule has 0 spiro atoms. The number of hydrogen-bond donors (Lipinski definition) is 1. The number of alkyl halides is 3. The number of benzene rings is 2. The maximum Gasteiger partial charge on any atom is 0.416 e. The highest BCUT2D eigenvalue weighted by atomic mass is 79.9. The fraction of sp³-hybridized carbons (Fsp3) is 0.105. The summed E-state index contributed by atoms with van der Waals surface area (Å²) in [7, 11) is 0. The molecule has 0 fully saturated rings. The summed E-state index contributed by atoms with van der Waals surface area (Å²) in [5.74, 6) is -0.133. The Balaban J connectivity index is 1.57. The molecule has 4 rings (SSSR count). The molecule has 31 heavy (non-hydrogen) atoms. The molecule has 12 heteroatoms. The molecule has 0 saturated heterocycles. The zero-order valence-electron chi connectivity index (χ0n) is 15.7. The van der Waals surface area contributed by atoms with E-state index in [1.54, 1.807) is 31.2 Å². The molecule has 4 aromatic rings. The fourth-order valence-electron chi connectivity index (χ4n) is 2.74. The first-order valence-corrected chi connectivity index (χ1v) is 10.3. The highest BCUT2D eigenvalue weighted by Crippen LogP contribution is 2.31. The van der Waals surface area contributed by atoms with E-state index in [9.17, 15) is 18.0 Å². The summed E-state index contributed by atoms with van der Waals surface area (Å²) in [5, 5.41) is 10.9. The lowest BCUT2D eigenvalue weighted by Gasteiger charge is -2.09. The number of carbonyl (C=O) groups excluding carboxylic acids is 1. The third-order valence-corrected chi connectivity index (χ3v) is 5.44. The summed E-state index contributed by atoms with van der Waals surface area (Å²) < 4.78 is 45.3. The van der Waals surface area contributed by atoms with E-state index < -0.39 is 11.7 Å². The van der Waals surface area contributed by atoms with E-state index in [2.05, 4.69) is 40.9 Å². The van der Waals surface area contributed by atoms with Crippen molar-refractivity contribution in [1.29, 1.82) is 0 Å². The molecular weight excluding hydrogens is 497 g/mol. The summed E-state index contributed by atoms with van der Waals surface area (Å²) >= 11 is 4.27. The minimum atomic E-state index is -4.47. The van der Waals surface area contributed by atoms with Gasteiger partial charge in [-0.25, -0.2) is 4.68 Å². The summed E-state index contributed by atoms with van der Waals surface area (Å²) in [6.07, 6.45) is -4.47. The highest BCUT2D eigenvalue weighted by Gasteiger charge is 2.31. The van der Waals surface area contributed by atoms with Crippen LogP contribution in [0.5, 0.6) is 0 Å². The number of hydrogen-bond acceptors (Lipinski definition) is 6. The summed E-state index contributed by atoms with van der Waals surface area (Å²) in [6.45, 7) is 1.65. The molecule has 0 aliphatic rings. The lowest BCUT2D eigenvalue weighted by molar-refractivity contribution is -0.137. The molecule has 0 aliphatic carbocycles. The molecule has 1 amide bonds. The number of anilines is 1. The third-order valence-electron chi connectivity index (χ3n) is 4.28. The standard InChI is InChI=1S/C19H12BrF3N6OS/c1-10-15(26-28-29(10)14-4-2-3-12(9-14)19(21,22)23)16-24-18(31-27-16)25-17(30)11-5-7-13(20)8-6-11/h2-9H,1H3,(H,24,25,27,30). The van der Waals surface area contributed by atoms with Gasteiger partial charge in [0.05, 0.1) is 16.9 Å². The summed E-state index contributed by atoms with van der Waals surface area (Å²) in [4.78, 5) is 16.6. The zero-order valence-corrected chi connectivity index (χ0v) is 18.1. The smallest absolute Gasteiger partial charge is 0.297 e. The van der Waals surface area contributed by atoms with Gasteiger partial charge in [-0.3, -0.25) is 10.1 Å². The van der Waals surface area contributed by atoms with E-state index in [0.717, 1.165) is 28.1 Å². The predicted octanol–water partition coefficient (Wildman–Crippen LogP) is 5.13. The van der Waals surface area contributed by atoms with Crippen LogP contribution in [-0.4, -0.2) is 30.3 Å². The molecule has 7 nitrogen and oxygen atoms in total. The Morgan fingerprint density at radius 3 is 2.61 bits per heavy atom. The normalized spacial score (nSPS) is 11.5. The van der Waals surface area contributed by atoms with Gasteiger partial charge in [0.2, 0.25) is 5.13 Å². The molecule has 0 unspecified atom stereocenters. The van der Waals surface area contributed by atoms with Gasteiger partial charge in [-0.2, -0.15) is 22.5 Å². The maximum absolute atomic E-state index is 13.0. The van der Waals surface area contributed by atoms with E-state index in [1.807, 2.05) is 0 Å². The van der Waals surface area contributed by atoms with Crippen LogP contribution in [0.15, 0.2) is 53.0 Å². The number of nitrogens with one attached hydrogen (secondary N) is 1. The van der Waals surface area contributed by atoms with Crippen molar-refractivity contribution in [2.75, 3.05) is 5.32 Å². The fourth-order valence-corrected chi connectivity index (χ4v) is 3.57. The van der Waals surface area contributed by atoms with Crippen LogP contribution in [0.1, 0.15) is 21.6 Å². The van der Waals surface area contributed by atoms with Gasteiger partial charge in [0.25, 0.3) is 5.91 Å². The van der Waals surface area contributed by atoms with E-state index in [1.165, 1.54) is 16.8 Å². The molecule has 1 N–H and O–H groups in total. The SMILES string of the molecule is Cc1c(-c2nsc(NC(=O)c3ccc(Br)cc3)n2)nnn1-c1cccc(C(F)(F)F)c1. The lowest BCUT2D eigenvalue weighted by atomic mass is 10.2. The Kier molecular flexibility index (Phi) is 5.58. The average Bonchev–Trinajstić information content (AvgIpc) is 3.34. The number of nitrogens with zero attached hydrogens (tertiary/aromatic N) is 5. The van der Waals surface area contributed by atoms with Crippen molar-refractivity contribution in [1.82, 2.24) is 24.4 Å². The minimum absolute atomic E-state index is 0.213. The monoisotopic (exact) mass is 508 g/mol. The molecule has 158 valence electrons. The maximum atomic E-state index is 13.0. The second-order valence-electron chi connectivity index (χ2n) is 6.37. The van der Waals surface area contributed by atoms with Gasteiger partial charge >= 0.3 is 6.18 Å². The van der Waals surface area contributed by atoms with Crippen molar-refractivity contribution in [2.45, 2.75) is 13.1 Å². The molecule has 0 bridgehead atoms. The molecule has 0 atom stereocenters. The number of aromatic nitrogens is 5. The third kappa shape index (κ3) is 4.49. The molecule has 0 saturated carbocycles. The zero-order chi connectivity index (χ0) is 22.2. The quantitative estimate of drug-likeness (QED) is 0.413. The molecule has 2 aromatic heterocycles. The van der Waals surface area contributed by atoms with Gasteiger partial charge in [-0.1, -0.05) is 27.2 Å². The first-order valence-electron chi connectivity index (χ1n) is 8.73. The Hall–Kier alpha value is -3.12. The van der Waals surface area contributed by atoms with E-state index in [4.69, 9.17) is 0 Å². The first-order chi connectivity index (χ1) is 14.7. The van der Waals surface area contributed by atoms with Crippen LogP contribution >= 0.6 is 27.5 Å². The van der Waals surface area contributed by atoms with Crippen LogP contribution < -0.4 is 5.32 Å². The molecule has 2 heterocycles. The minimum Gasteiger partial charge on any atom is -0.297 e. The van der Waals surface area contributed by atoms with Crippen LogP contribution in [0, 0.1) is 6.92 Å². The number of rotatable bonds is 4. The van der Waals surface area contributed by atoms with Crippen molar-refractivity contribution >= 4 is 38.5 Å². The second kappa shape index (κ2) is 8.19. The van der Waals surface area contributed by atoms with Crippen molar-refractivity contribution in [3.63, 3.8) is 0 Å². The van der Waals surface area contributed by atoms with E-state index >= 15 is 0 Å². The van der Waals surface area contributed by atoms with Crippen LogP contribution in [0.4, 0.5) is 18.3 Å². The van der Waals surface area contributed by atoms with Crippen molar-refractivity contribution in [2.24, 2.45) is 0 Å². The van der Waals surface area contributed by atoms with Crippen molar-refractivity contribution < 1.29 is 18.0 Å². The van der Waals surface area contributed by atoms with Gasteiger partial charge in [0, 0.05) is 21.6 Å². The van der Waals surface area contributed by atoms with Gasteiger partial charge in [-0.05, 0) is 49.4 Å². The Bertz CT molecular complexity index is 1250. The van der Waals surface area contributed by atoms with Crippen molar-refractivity contribution in [3.05, 3.63) is 69.8 Å². The van der Waals surface area contributed by atoms with E-state index in [0.29, 0.717) is 17.0 Å². The Morgan fingerprint density at radius 1 is 1.16 bits per heavy atom. The van der Waals surface area contributed by atoms with Crippen molar-refractivity contribution in [3.8, 4) is 17.2 Å². The second-order valence-corrected chi connectivity index (χ2v) is 8.04. The lowest BCUT2D eigenvalue weighted by Crippen LogP contribution is -2.11. The summed E-state index contributed by atoms with van der Waals surface area (Å²) in [5.41, 5.74) is 0.642. The van der Waals surface area contributed by atoms with Crippen LogP contribution in [0.25, 0.3) is 17.2 Å². The van der Waals surface area contributed by atoms with Gasteiger partial charge in [0.15, 0.2) is 11.5 Å².